The van der Waals surface area contributed by atoms with Gasteiger partial charge >= 0.3 is 0 Å². The Kier molecular flexibility index (Phi) is 2.19. The largest absolute Gasteiger partial charge is 0.508 e. The highest BCUT2D eigenvalue weighted by Gasteiger charge is 1.99. The maximum absolute atomic E-state index is 12.9. The quantitative estimate of drug-likeness (QED) is 0.727. The minimum atomic E-state index is -0.292. The van der Waals surface area contributed by atoms with E-state index < -0.39 is 0 Å². The van der Waals surface area contributed by atoms with Crippen molar-refractivity contribution in [3.05, 3.63) is 54.3 Å². The van der Waals surface area contributed by atoms with Gasteiger partial charge < -0.3 is 5.11 Å². The second-order valence-electron chi connectivity index (χ2n) is 2.97. The number of hydrogen-bond donors (Lipinski definition) is 1. The Morgan fingerprint density at radius 2 is 2.00 bits per heavy atom. The lowest BCUT2D eigenvalue weighted by atomic mass is 10.1. The molecule has 2 aromatic carbocycles. The highest BCUT2D eigenvalue weighted by Crippen LogP contribution is 2.22. The molecular weight excluding hydrogens is 179 g/mol. The van der Waals surface area contributed by atoms with E-state index in [0.717, 1.165) is 0 Å². The summed E-state index contributed by atoms with van der Waals surface area (Å²) in [6.07, 6.45) is 0. The van der Waals surface area contributed by atoms with Crippen LogP contribution in [0.3, 0.4) is 0 Å². The van der Waals surface area contributed by atoms with Crippen LogP contribution in [-0.4, -0.2) is 5.11 Å². The summed E-state index contributed by atoms with van der Waals surface area (Å²) < 4.78 is 12.9. The maximum Gasteiger partial charge on any atom is 0.123 e. The predicted octanol–water partition coefficient (Wildman–Crippen LogP) is 3.00. The molecule has 2 rings (SSSR count). The number of phenols is 1. The molecule has 2 heteroatoms. The first kappa shape index (κ1) is 8.75. The summed E-state index contributed by atoms with van der Waals surface area (Å²) in [7, 11) is 0. The van der Waals surface area contributed by atoms with Crippen LogP contribution in [0.5, 0.6) is 5.75 Å². The molecule has 0 saturated carbocycles. The fraction of sp³-hybridized carbons (Fsp3) is 0. The van der Waals surface area contributed by atoms with Crippen molar-refractivity contribution in [3.8, 4) is 16.9 Å². The van der Waals surface area contributed by atoms with E-state index in [1.165, 1.54) is 18.2 Å². The molecule has 0 fully saturated rings. The van der Waals surface area contributed by atoms with Gasteiger partial charge in [-0.1, -0.05) is 18.2 Å². The molecule has 14 heavy (non-hydrogen) atoms. The number of benzene rings is 2. The first-order chi connectivity index (χ1) is 6.75. The van der Waals surface area contributed by atoms with E-state index in [9.17, 15) is 9.50 Å². The highest BCUT2D eigenvalue weighted by molar-refractivity contribution is 5.64. The van der Waals surface area contributed by atoms with Gasteiger partial charge in [-0.2, -0.15) is 0 Å². The first-order valence-corrected chi connectivity index (χ1v) is 4.22. The number of aromatic hydroxyl groups is 1. The van der Waals surface area contributed by atoms with Gasteiger partial charge in [0.2, 0.25) is 0 Å². The SMILES string of the molecule is Oc1cc[c]c(-c2cccc(F)c2)c1. The normalized spacial score (nSPS) is 10.1. The number of phenolic OH excluding ortho intramolecular Hbond substituents is 1. The van der Waals surface area contributed by atoms with Gasteiger partial charge in [0, 0.05) is 0 Å². The minimum Gasteiger partial charge on any atom is -0.508 e. The van der Waals surface area contributed by atoms with Gasteiger partial charge in [-0.25, -0.2) is 4.39 Å². The van der Waals surface area contributed by atoms with E-state index in [2.05, 4.69) is 6.07 Å². The van der Waals surface area contributed by atoms with E-state index in [1.807, 2.05) is 0 Å². The molecule has 0 aliphatic rings. The van der Waals surface area contributed by atoms with Crippen LogP contribution in [0.15, 0.2) is 42.5 Å². The topological polar surface area (TPSA) is 20.2 Å². The lowest BCUT2D eigenvalue weighted by Gasteiger charge is -2.01. The second-order valence-corrected chi connectivity index (χ2v) is 2.97. The Morgan fingerprint density at radius 1 is 1.14 bits per heavy atom. The van der Waals surface area contributed by atoms with Crippen LogP contribution in [-0.2, 0) is 0 Å². The van der Waals surface area contributed by atoms with E-state index in [0.29, 0.717) is 11.1 Å². The Balaban J connectivity index is 2.49. The Bertz CT molecular complexity index is 408. The second kappa shape index (κ2) is 3.50. The van der Waals surface area contributed by atoms with Gasteiger partial charge in [-0.3, -0.25) is 0 Å². The predicted molar refractivity (Wildman–Crippen MR) is 52.3 cm³/mol. The first-order valence-electron chi connectivity index (χ1n) is 4.22. The van der Waals surface area contributed by atoms with Crippen molar-refractivity contribution >= 4 is 0 Å². The lowest BCUT2D eigenvalue weighted by molar-refractivity contribution is 0.475. The van der Waals surface area contributed by atoms with Gasteiger partial charge in [-0.15, -0.1) is 0 Å². The van der Waals surface area contributed by atoms with Crippen LogP contribution in [0.1, 0.15) is 0 Å². The van der Waals surface area contributed by atoms with Crippen molar-refractivity contribution in [2.24, 2.45) is 0 Å². The van der Waals surface area contributed by atoms with E-state index in [4.69, 9.17) is 0 Å². The highest BCUT2D eigenvalue weighted by atomic mass is 19.1. The molecule has 0 aromatic heterocycles. The molecule has 0 saturated heterocycles. The summed E-state index contributed by atoms with van der Waals surface area (Å²) in [5.74, 6) is -0.137. The van der Waals surface area contributed by atoms with Crippen molar-refractivity contribution in [1.82, 2.24) is 0 Å². The zero-order chi connectivity index (χ0) is 9.97. The van der Waals surface area contributed by atoms with Crippen LogP contribution < -0.4 is 0 Å². The molecule has 0 bridgehead atoms. The summed E-state index contributed by atoms with van der Waals surface area (Å²) in [4.78, 5) is 0. The Morgan fingerprint density at radius 3 is 2.71 bits per heavy atom. The van der Waals surface area contributed by atoms with Gasteiger partial charge in [0.25, 0.3) is 0 Å². The molecular formula is C12H8FO. The van der Waals surface area contributed by atoms with Gasteiger partial charge in [0.05, 0.1) is 0 Å². The van der Waals surface area contributed by atoms with E-state index >= 15 is 0 Å². The molecule has 0 unspecified atom stereocenters. The molecule has 0 amide bonds. The smallest absolute Gasteiger partial charge is 0.123 e. The number of hydrogen-bond acceptors (Lipinski definition) is 1. The summed E-state index contributed by atoms with van der Waals surface area (Å²) in [6.45, 7) is 0. The number of halogens is 1. The number of rotatable bonds is 1. The fourth-order valence-corrected chi connectivity index (χ4v) is 1.28. The van der Waals surface area contributed by atoms with Crippen molar-refractivity contribution in [3.63, 3.8) is 0 Å². The fourth-order valence-electron chi connectivity index (χ4n) is 1.28. The molecule has 1 radical (unpaired) electrons. The molecule has 1 N–H and O–H groups in total. The van der Waals surface area contributed by atoms with E-state index in [1.54, 1.807) is 24.3 Å². The monoisotopic (exact) mass is 187 g/mol. The van der Waals surface area contributed by atoms with Crippen LogP contribution in [0.4, 0.5) is 4.39 Å². The average molecular weight is 187 g/mol. The zero-order valence-electron chi connectivity index (χ0n) is 7.37. The summed E-state index contributed by atoms with van der Waals surface area (Å²) in [5.41, 5.74) is 1.39. The third-order valence-corrected chi connectivity index (χ3v) is 1.92. The molecule has 0 heterocycles. The molecule has 0 spiro atoms. The summed E-state index contributed by atoms with van der Waals surface area (Å²) >= 11 is 0. The molecule has 2 aromatic rings. The maximum atomic E-state index is 12.9. The van der Waals surface area contributed by atoms with Crippen molar-refractivity contribution in [2.45, 2.75) is 0 Å². The average Bonchev–Trinajstić information content (AvgIpc) is 2.18. The van der Waals surface area contributed by atoms with Crippen LogP contribution >= 0.6 is 0 Å². The third-order valence-electron chi connectivity index (χ3n) is 1.92. The third kappa shape index (κ3) is 1.74. The Hall–Kier alpha value is -1.83. The van der Waals surface area contributed by atoms with Gasteiger partial charge in [0.1, 0.15) is 11.6 Å². The standard InChI is InChI=1S/C12H8FO/c13-11-5-1-3-9(7-11)10-4-2-6-12(14)8-10/h1-3,5-8,14H. The molecule has 0 aliphatic carbocycles. The summed E-state index contributed by atoms with van der Waals surface area (Å²) in [5, 5.41) is 9.23. The van der Waals surface area contributed by atoms with Crippen molar-refractivity contribution in [1.29, 1.82) is 0 Å². The zero-order valence-corrected chi connectivity index (χ0v) is 7.37. The van der Waals surface area contributed by atoms with Crippen LogP contribution in [0.25, 0.3) is 11.1 Å². The van der Waals surface area contributed by atoms with E-state index in [-0.39, 0.29) is 11.6 Å². The van der Waals surface area contributed by atoms with Crippen molar-refractivity contribution in [2.75, 3.05) is 0 Å². The van der Waals surface area contributed by atoms with Crippen LogP contribution in [0, 0.1) is 11.9 Å². The lowest BCUT2D eigenvalue weighted by Crippen LogP contribution is -1.79. The Labute approximate surface area is 81.4 Å². The van der Waals surface area contributed by atoms with Gasteiger partial charge in [-0.05, 0) is 41.5 Å². The molecule has 69 valence electrons. The molecule has 1 nitrogen and oxygen atoms in total. The van der Waals surface area contributed by atoms with Crippen molar-refractivity contribution < 1.29 is 9.50 Å². The summed E-state index contributed by atoms with van der Waals surface area (Å²) in [6, 6.07) is 13.8. The minimum absolute atomic E-state index is 0.156. The van der Waals surface area contributed by atoms with Gasteiger partial charge in [0.15, 0.2) is 0 Å². The molecule has 0 atom stereocenters. The molecule has 0 aliphatic heterocycles. The van der Waals surface area contributed by atoms with Crippen LogP contribution in [0.2, 0.25) is 0 Å².